The minimum atomic E-state index is -0.487. The van der Waals surface area contributed by atoms with E-state index in [0.29, 0.717) is 61.6 Å². The van der Waals surface area contributed by atoms with E-state index >= 15 is 0 Å². The van der Waals surface area contributed by atoms with Crippen molar-refractivity contribution in [3.05, 3.63) is 71.3 Å². The molecule has 0 spiro atoms. The Bertz CT molecular complexity index is 1710. The van der Waals surface area contributed by atoms with Gasteiger partial charge in [0.1, 0.15) is 23.3 Å². The second kappa shape index (κ2) is 10.2. The van der Waals surface area contributed by atoms with Crippen molar-refractivity contribution >= 4 is 34.7 Å². The summed E-state index contributed by atoms with van der Waals surface area (Å²) in [5.74, 6) is 1.80. The third-order valence-corrected chi connectivity index (χ3v) is 7.39. The minimum Gasteiger partial charge on any atom is -0.480 e. The van der Waals surface area contributed by atoms with Gasteiger partial charge in [0.2, 0.25) is 5.88 Å². The molecule has 0 saturated carbocycles. The van der Waals surface area contributed by atoms with Gasteiger partial charge in [0.25, 0.3) is 11.5 Å². The van der Waals surface area contributed by atoms with Gasteiger partial charge in [-0.25, -0.2) is 9.78 Å². The normalized spacial score (nSPS) is 20.1. The molecule has 7 heterocycles. The predicted molar refractivity (Wildman–Crippen MR) is 146 cm³/mol. The smallest absolute Gasteiger partial charge is 0.415 e. The van der Waals surface area contributed by atoms with E-state index in [1.54, 1.807) is 53.4 Å². The van der Waals surface area contributed by atoms with Crippen molar-refractivity contribution in [3.8, 4) is 17.4 Å². The molecule has 0 aromatic carbocycles. The zero-order valence-corrected chi connectivity index (χ0v) is 21.8. The Balaban J connectivity index is 1.05. The molecule has 1 N–H and O–H groups in total. The summed E-state index contributed by atoms with van der Waals surface area (Å²) in [6, 6.07) is 13.8. The lowest BCUT2D eigenvalue weighted by atomic mass is 10.0. The van der Waals surface area contributed by atoms with Crippen LogP contribution in [0.2, 0.25) is 0 Å². The quantitative estimate of drug-likeness (QED) is 0.377. The summed E-state index contributed by atoms with van der Waals surface area (Å²) in [5.41, 5.74) is 0.370. The van der Waals surface area contributed by atoms with Gasteiger partial charge in [0.15, 0.2) is 18.2 Å². The molecule has 3 aliphatic rings. The topological polar surface area (TPSA) is 141 Å². The molecular weight excluding hydrogens is 530 g/mol. The number of hydrogen-bond donors (Lipinski definition) is 1. The Morgan fingerprint density at radius 3 is 2.76 bits per heavy atom. The van der Waals surface area contributed by atoms with Crippen LogP contribution in [0.15, 0.2) is 65.7 Å². The van der Waals surface area contributed by atoms with Crippen molar-refractivity contribution in [2.45, 2.75) is 12.6 Å². The summed E-state index contributed by atoms with van der Waals surface area (Å²) in [6.45, 7) is 2.57. The SMILES string of the molecule is O=C1COc2ccc(N3C[C@H]4CN(CCn5c(=O)ccc6ccc(Oc7cccnc7)nc65)C[C@@H]4OC3=O)nc2N1. The van der Waals surface area contributed by atoms with Crippen LogP contribution in [0, 0.1) is 5.92 Å². The van der Waals surface area contributed by atoms with E-state index in [1.807, 2.05) is 6.07 Å². The van der Waals surface area contributed by atoms with Gasteiger partial charge < -0.3 is 19.5 Å². The predicted octanol–water partition coefficient (Wildman–Crippen LogP) is 2.27. The summed E-state index contributed by atoms with van der Waals surface area (Å²) >= 11 is 0. The van der Waals surface area contributed by atoms with Crippen molar-refractivity contribution in [1.29, 1.82) is 0 Å². The van der Waals surface area contributed by atoms with Crippen LogP contribution in [0.25, 0.3) is 11.0 Å². The number of carbonyl (C=O) groups is 2. The number of amides is 2. The molecule has 0 aliphatic carbocycles. The van der Waals surface area contributed by atoms with Crippen molar-refractivity contribution in [2.24, 2.45) is 5.92 Å². The number of hydrogen-bond acceptors (Lipinski definition) is 10. The van der Waals surface area contributed by atoms with E-state index in [2.05, 4.69) is 25.2 Å². The molecule has 4 aromatic rings. The first-order valence-corrected chi connectivity index (χ1v) is 13.2. The number of carbonyl (C=O) groups excluding carboxylic acids is 2. The highest BCUT2D eigenvalue weighted by atomic mass is 16.6. The average molecular weight is 556 g/mol. The Labute approximate surface area is 233 Å². The first-order chi connectivity index (χ1) is 20.0. The van der Waals surface area contributed by atoms with Gasteiger partial charge in [-0.2, -0.15) is 4.98 Å². The van der Waals surface area contributed by atoms with Gasteiger partial charge in [-0.3, -0.25) is 28.9 Å². The maximum Gasteiger partial charge on any atom is 0.415 e. The largest absolute Gasteiger partial charge is 0.480 e. The van der Waals surface area contributed by atoms with Gasteiger partial charge in [0, 0.05) is 62.4 Å². The highest BCUT2D eigenvalue weighted by Crippen LogP contribution is 2.33. The van der Waals surface area contributed by atoms with Crippen LogP contribution < -0.4 is 25.2 Å². The fraction of sp³-hybridized carbons (Fsp3) is 0.286. The van der Waals surface area contributed by atoms with Gasteiger partial charge in [-0.15, -0.1) is 0 Å². The maximum atomic E-state index is 12.9. The number of fused-ring (bicyclic) bond motifs is 3. The van der Waals surface area contributed by atoms with Crippen LogP contribution >= 0.6 is 0 Å². The zero-order chi connectivity index (χ0) is 27.9. The van der Waals surface area contributed by atoms with E-state index in [4.69, 9.17) is 14.2 Å². The highest BCUT2D eigenvalue weighted by Gasteiger charge is 2.43. The minimum absolute atomic E-state index is 0.0539. The fourth-order valence-electron chi connectivity index (χ4n) is 5.40. The maximum absolute atomic E-state index is 12.9. The highest BCUT2D eigenvalue weighted by molar-refractivity contribution is 5.95. The molecule has 41 heavy (non-hydrogen) atoms. The summed E-state index contributed by atoms with van der Waals surface area (Å²) in [5, 5.41) is 3.49. The fourth-order valence-corrected chi connectivity index (χ4v) is 5.40. The lowest BCUT2D eigenvalue weighted by Crippen LogP contribution is -2.48. The number of likely N-dealkylation sites (tertiary alicyclic amines) is 1. The molecule has 3 aliphatic heterocycles. The molecule has 2 amide bonds. The third-order valence-electron chi connectivity index (χ3n) is 7.39. The Kier molecular flexibility index (Phi) is 6.19. The molecule has 13 nitrogen and oxygen atoms in total. The summed E-state index contributed by atoms with van der Waals surface area (Å²) in [7, 11) is 0. The zero-order valence-electron chi connectivity index (χ0n) is 21.8. The Hall–Kier alpha value is -5.04. The standard InChI is InChI=1S/C28H25N7O6/c36-23-16-39-20-5-6-22(30-26(20)31-23)35-14-18-13-33(15-21(18)41-28(35)38)10-11-34-25(37)8-4-17-3-7-24(32-27(17)34)40-19-2-1-9-29-12-19/h1-9,12,18,21H,10-11,13-16H2,(H,30,31,36)/t18-,21+/m1/s1. The monoisotopic (exact) mass is 555 g/mol. The van der Waals surface area contributed by atoms with Gasteiger partial charge in [-0.1, -0.05) is 0 Å². The first kappa shape index (κ1) is 25.0. The van der Waals surface area contributed by atoms with E-state index in [0.717, 1.165) is 5.39 Å². The lowest BCUT2D eigenvalue weighted by Gasteiger charge is -2.33. The van der Waals surface area contributed by atoms with Crippen molar-refractivity contribution in [3.63, 3.8) is 0 Å². The number of anilines is 2. The number of aromatic nitrogens is 4. The van der Waals surface area contributed by atoms with Crippen LogP contribution in [0.4, 0.5) is 16.4 Å². The number of nitrogens with one attached hydrogen (secondary N) is 1. The summed E-state index contributed by atoms with van der Waals surface area (Å²) in [6.07, 6.45) is 2.51. The third kappa shape index (κ3) is 4.91. The molecule has 13 heteroatoms. The van der Waals surface area contributed by atoms with E-state index in [1.165, 1.54) is 11.0 Å². The summed E-state index contributed by atoms with van der Waals surface area (Å²) < 4.78 is 18.6. The van der Waals surface area contributed by atoms with Crippen molar-refractivity contribution in [2.75, 3.05) is 43.0 Å². The number of rotatable bonds is 6. The number of pyridine rings is 4. The molecule has 2 atom stereocenters. The number of nitrogens with zero attached hydrogens (tertiary/aromatic N) is 6. The van der Waals surface area contributed by atoms with Gasteiger partial charge in [-0.05, 0) is 36.4 Å². The van der Waals surface area contributed by atoms with Crippen LogP contribution in [0.5, 0.6) is 17.4 Å². The average Bonchev–Trinajstić information content (AvgIpc) is 3.38. The first-order valence-electron chi connectivity index (χ1n) is 13.2. The molecule has 208 valence electrons. The van der Waals surface area contributed by atoms with Crippen LogP contribution in [0.1, 0.15) is 0 Å². The second-order valence-corrected chi connectivity index (χ2v) is 10.1. The molecule has 4 aromatic heterocycles. The van der Waals surface area contributed by atoms with E-state index in [9.17, 15) is 14.4 Å². The molecule has 0 bridgehead atoms. The van der Waals surface area contributed by atoms with Gasteiger partial charge >= 0.3 is 6.09 Å². The molecule has 7 rings (SSSR count). The van der Waals surface area contributed by atoms with Crippen molar-refractivity contribution < 1.29 is 23.8 Å². The second-order valence-electron chi connectivity index (χ2n) is 10.1. The van der Waals surface area contributed by atoms with Crippen LogP contribution in [0.3, 0.4) is 0 Å². The lowest BCUT2D eigenvalue weighted by molar-refractivity contribution is -0.118. The van der Waals surface area contributed by atoms with E-state index < -0.39 is 6.09 Å². The van der Waals surface area contributed by atoms with Crippen LogP contribution in [-0.4, -0.2) is 75.3 Å². The molecule has 2 fully saturated rings. The number of ether oxygens (including phenoxy) is 3. The Morgan fingerprint density at radius 1 is 0.976 bits per heavy atom. The van der Waals surface area contributed by atoms with Gasteiger partial charge in [0.05, 0.1) is 6.20 Å². The van der Waals surface area contributed by atoms with Crippen LogP contribution in [-0.2, 0) is 16.1 Å². The molecule has 2 saturated heterocycles. The Morgan fingerprint density at radius 2 is 1.88 bits per heavy atom. The molecule has 0 radical (unpaired) electrons. The molecular formula is C28H25N7O6. The molecule has 0 unspecified atom stereocenters. The van der Waals surface area contributed by atoms with E-state index in [-0.39, 0.29) is 35.9 Å². The van der Waals surface area contributed by atoms with Crippen molar-refractivity contribution in [1.82, 2.24) is 24.4 Å². The summed E-state index contributed by atoms with van der Waals surface area (Å²) in [4.78, 5) is 54.2.